The van der Waals surface area contributed by atoms with Crippen LogP contribution in [0, 0.1) is 6.92 Å². The monoisotopic (exact) mass is 354 g/mol. The van der Waals surface area contributed by atoms with Gasteiger partial charge in [-0.05, 0) is 51.2 Å². The average molecular weight is 354 g/mol. The Morgan fingerprint density at radius 1 is 1.27 bits per heavy atom. The summed E-state index contributed by atoms with van der Waals surface area (Å²) >= 11 is 0. The summed E-state index contributed by atoms with van der Waals surface area (Å²) in [6, 6.07) is 7.97. The minimum Gasteiger partial charge on any atom is -0.452 e. The highest BCUT2D eigenvalue weighted by molar-refractivity contribution is 5.99. The van der Waals surface area contributed by atoms with E-state index in [1.165, 1.54) is 0 Å². The molecule has 0 saturated carbocycles. The number of pyridine rings is 1. The van der Waals surface area contributed by atoms with Gasteiger partial charge < -0.3 is 9.64 Å². The summed E-state index contributed by atoms with van der Waals surface area (Å²) in [5.74, 6) is -0.578. The first-order valence-corrected chi connectivity index (χ1v) is 9.37. The molecule has 0 bridgehead atoms. The summed E-state index contributed by atoms with van der Waals surface area (Å²) in [7, 11) is 0. The van der Waals surface area contributed by atoms with E-state index in [1.54, 1.807) is 0 Å². The van der Waals surface area contributed by atoms with Crippen LogP contribution in [0.5, 0.6) is 0 Å². The number of fused-ring (bicyclic) bond motifs is 1. The first-order chi connectivity index (χ1) is 12.5. The molecule has 0 aliphatic carbocycles. The van der Waals surface area contributed by atoms with Crippen molar-refractivity contribution in [3.8, 4) is 0 Å². The molecule has 2 aromatic rings. The van der Waals surface area contributed by atoms with E-state index in [-0.39, 0.29) is 18.6 Å². The molecule has 5 heteroatoms. The molecule has 138 valence electrons. The van der Waals surface area contributed by atoms with Crippen LogP contribution in [0.25, 0.3) is 10.9 Å². The summed E-state index contributed by atoms with van der Waals surface area (Å²) < 4.78 is 5.39. The Morgan fingerprint density at radius 3 is 2.77 bits per heavy atom. The standard InChI is InChI=1S/C21H26N2O3/c1-4-17-20(15(3)16-10-5-6-11-18(16)22-17)21(25)26-13-19(24)23-12-8-7-9-14(23)2/h5-6,10-11,14H,4,7-9,12-13H2,1-3H3/t14-/m0/s1. The third kappa shape index (κ3) is 3.57. The molecule has 1 fully saturated rings. The van der Waals surface area contributed by atoms with Crippen molar-refractivity contribution in [2.45, 2.75) is 52.5 Å². The number of nitrogens with zero attached hydrogens (tertiary/aromatic N) is 2. The molecule has 1 amide bonds. The average Bonchev–Trinajstić information content (AvgIpc) is 2.66. The van der Waals surface area contributed by atoms with Gasteiger partial charge >= 0.3 is 5.97 Å². The van der Waals surface area contributed by atoms with E-state index in [2.05, 4.69) is 4.98 Å². The normalized spacial score (nSPS) is 17.3. The molecule has 0 radical (unpaired) electrons. The SMILES string of the molecule is CCc1nc2ccccc2c(C)c1C(=O)OCC(=O)N1CCCC[C@@H]1C. The van der Waals surface area contributed by atoms with Crippen molar-refractivity contribution in [2.75, 3.05) is 13.2 Å². The van der Waals surface area contributed by atoms with Crippen LogP contribution < -0.4 is 0 Å². The summed E-state index contributed by atoms with van der Waals surface area (Å²) in [5, 5.41) is 0.938. The van der Waals surface area contributed by atoms with Gasteiger partial charge in [0.25, 0.3) is 5.91 Å². The molecule has 1 atom stereocenters. The number of benzene rings is 1. The zero-order valence-electron chi connectivity index (χ0n) is 15.7. The summed E-state index contributed by atoms with van der Waals surface area (Å²) in [6.45, 7) is 6.46. The molecule has 0 spiro atoms. The van der Waals surface area contributed by atoms with Crippen LogP contribution >= 0.6 is 0 Å². The van der Waals surface area contributed by atoms with Gasteiger partial charge in [0, 0.05) is 18.0 Å². The number of carbonyl (C=O) groups excluding carboxylic acids is 2. The fourth-order valence-corrected chi connectivity index (χ4v) is 3.72. The number of piperidine rings is 1. The van der Waals surface area contributed by atoms with Crippen molar-refractivity contribution in [1.82, 2.24) is 9.88 Å². The second kappa shape index (κ2) is 7.85. The summed E-state index contributed by atoms with van der Waals surface area (Å²) in [4.78, 5) is 31.6. The highest BCUT2D eigenvalue weighted by Gasteiger charge is 2.25. The first-order valence-electron chi connectivity index (χ1n) is 9.37. The van der Waals surface area contributed by atoms with Crippen LogP contribution in [-0.4, -0.2) is 41.0 Å². The minimum absolute atomic E-state index is 0.116. The predicted molar refractivity (Wildman–Crippen MR) is 101 cm³/mol. The number of hydrogen-bond acceptors (Lipinski definition) is 4. The van der Waals surface area contributed by atoms with Crippen molar-refractivity contribution < 1.29 is 14.3 Å². The Hall–Kier alpha value is -2.43. The van der Waals surface area contributed by atoms with Gasteiger partial charge in [0.05, 0.1) is 16.8 Å². The highest BCUT2D eigenvalue weighted by Crippen LogP contribution is 2.24. The molecule has 0 unspecified atom stereocenters. The second-order valence-electron chi connectivity index (χ2n) is 6.94. The van der Waals surface area contributed by atoms with E-state index < -0.39 is 5.97 Å². The van der Waals surface area contributed by atoms with Crippen LogP contribution in [0.1, 0.15) is 54.7 Å². The van der Waals surface area contributed by atoms with Crippen LogP contribution in [0.4, 0.5) is 0 Å². The summed E-state index contributed by atoms with van der Waals surface area (Å²) in [6.07, 6.45) is 3.80. The fraction of sp³-hybridized carbons (Fsp3) is 0.476. The quantitative estimate of drug-likeness (QED) is 0.786. The molecule has 1 saturated heterocycles. The number of para-hydroxylation sites is 1. The molecule has 26 heavy (non-hydrogen) atoms. The lowest BCUT2D eigenvalue weighted by atomic mass is 10.0. The maximum atomic E-state index is 12.7. The highest BCUT2D eigenvalue weighted by atomic mass is 16.5. The molecule has 5 nitrogen and oxygen atoms in total. The van der Waals surface area contributed by atoms with Gasteiger partial charge in [0.1, 0.15) is 0 Å². The zero-order valence-corrected chi connectivity index (χ0v) is 15.7. The maximum absolute atomic E-state index is 12.7. The lowest BCUT2D eigenvalue weighted by Crippen LogP contribution is -2.44. The Bertz CT molecular complexity index is 831. The van der Waals surface area contributed by atoms with Crippen molar-refractivity contribution in [2.24, 2.45) is 0 Å². The fourth-order valence-electron chi connectivity index (χ4n) is 3.72. The molecule has 1 aliphatic rings. The molecule has 3 rings (SSSR count). The van der Waals surface area contributed by atoms with Gasteiger partial charge in [-0.3, -0.25) is 9.78 Å². The van der Waals surface area contributed by atoms with E-state index in [0.717, 1.165) is 42.3 Å². The molecule has 1 aromatic heterocycles. The number of rotatable bonds is 4. The third-order valence-corrected chi connectivity index (χ3v) is 5.22. The van der Waals surface area contributed by atoms with Gasteiger partial charge in [0.15, 0.2) is 6.61 Å². The largest absolute Gasteiger partial charge is 0.452 e. The number of aryl methyl sites for hydroxylation is 2. The van der Waals surface area contributed by atoms with Crippen molar-refractivity contribution in [3.05, 3.63) is 41.1 Å². The van der Waals surface area contributed by atoms with Crippen molar-refractivity contribution in [3.63, 3.8) is 0 Å². The van der Waals surface area contributed by atoms with Crippen molar-refractivity contribution >= 4 is 22.8 Å². The minimum atomic E-state index is -0.462. The van der Waals surface area contributed by atoms with Gasteiger partial charge in [-0.15, -0.1) is 0 Å². The number of esters is 1. The predicted octanol–water partition coefficient (Wildman–Crippen LogP) is 3.66. The van der Waals surface area contributed by atoms with Gasteiger partial charge in [-0.2, -0.15) is 0 Å². The van der Waals surface area contributed by atoms with E-state index in [1.807, 2.05) is 49.9 Å². The molecular weight excluding hydrogens is 328 g/mol. The van der Waals surface area contributed by atoms with E-state index in [4.69, 9.17) is 4.74 Å². The number of amides is 1. The molecule has 0 N–H and O–H groups in total. The molecule has 2 heterocycles. The van der Waals surface area contributed by atoms with E-state index in [9.17, 15) is 9.59 Å². The molecule has 1 aromatic carbocycles. The van der Waals surface area contributed by atoms with E-state index in [0.29, 0.717) is 17.7 Å². The lowest BCUT2D eigenvalue weighted by Gasteiger charge is -2.33. The number of likely N-dealkylation sites (tertiary alicyclic amines) is 1. The Kier molecular flexibility index (Phi) is 5.55. The summed E-state index contributed by atoms with van der Waals surface area (Å²) in [5.41, 5.74) is 2.93. The molecule has 1 aliphatic heterocycles. The Morgan fingerprint density at radius 2 is 2.04 bits per heavy atom. The van der Waals surface area contributed by atoms with Crippen LogP contribution in [0.2, 0.25) is 0 Å². The number of aromatic nitrogens is 1. The topological polar surface area (TPSA) is 59.5 Å². The molecular formula is C21H26N2O3. The smallest absolute Gasteiger partial charge is 0.340 e. The van der Waals surface area contributed by atoms with Crippen LogP contribution in [-0.2, 0) is 16.0 Å². The first kappa shape index (κ1) is 18.4. The van der Waals surface area contributed by atoms with Gasteiger partial charge in [-0.1, -0.05) is 25.1 Å². The Balaban J connectivity index is 1.79. The van der Waals surface area contributed by atoms with Gasteiger partial charge in [-0.25, -0.2) is 4.79 Å². The zero-order chi connectivity index (χ0) is 18.7. The third-order valence-electron chi connectivity index (χ3n) is 5.22. The lowest BCUT2D eigenvalue weighted by molar-refractivity contribution is -0.137. The van der Waals surface area contributed by atoms with Crippen molar-refractivity contribution in [1.29, 1.82) is 0 Å². The van der Waals surface area contributed by atoms with Gasteiger partial charge in [0.2, 0.25) is 0 Å². The van der Waals surface area contributed by atoms with E-state index >= 15 is 0 Å². The number of ether oxygens (including phenoxy) is 1. The Labute approximate surface area is 154 Å². The second-order valence-corrected chi connectivity index (χ2v) is 6.94. The van der Waals surface area contributed by atoms with Crippen LogP contribution in [0.15, 0.2) is 24.3 Å². The number of hydrogen-bond donors (Lipinski definition) is 0. The maximum Gasteiger partial charge on any atom is 0.340 e. The van der Waals surface area contributed by atoms with Crippen LogP contribution in [0.3, 0.4) is 0 Å². The number of carbonyl (C=O) groups is 2.